The van der Waals surface area contributed by atoms with E-state index in [0.717, 1.165) is 19.2 Å². The molecule has 0 aliphatic rings. The number of carbonyl (C=O) groups is 2. The molecule has 98 valence electrons. The molecule has 1 aromatic rings. The first-order chi connectivity index (χ1) is 8.49. The summed E-state index contributed by atoms with van der Waals surface area (Å²) in [5.74, 6) is -2.07. The van der Waals surface area contributed by atoms with E-state index in [1.165, 1.54) is 6.07 Å². The first kappa shape index (κ1) is 14.4. The molecule has 5 nitrogen and oxygen atoms in total. The van der Waals surface area contributed by atoms with E-state index >= 15 is 0 Å². The number of halogens is 2. The molecule has 0 aliphatic carbocycles. The number of esters is 1. The van der Waals surface area contributed by atoms with Crippen LogP contribution in [0.4, 0.5) is 4.39 Å². The zero-order chi connectivity index (χ0) is 13.7. The largest absolute Gasteiger partial charge is 0.467 e. The normalized spacial score (nSPS) is 11.8. The van der Waals surface area contributed by atoms with Gasteiger partial charge in [0.15, 0.2) is 6.04 Å². The second-order valence-corrected chi connectivity index (χ2v) is 3.76. The van der Waals surface area contributed by atoms with E-state index in [-0.39, 0.29) is 10.6 Å². The van der Waals surface area contributed by atoms with Gasteiger partial charge in [-0.05, 0) is 18.2 Å². The molecule has 0 spiro atoms. The number of rotatable bonds is 4. The number of carbonyl (C=O) groups excluding carboxylic acids is 2. The second kappa shape index (κ2) is 6.32. The van der Waals surface area contributed by atoms with Crippen molar-refractivity contribution in [2.24, 2.45) is 0 Å². The molecule has 1 amide bonds. The number of hydrogen-bond donors (Lipinski definition) is 2. The summed E-state index contributed by atoms with van der Waals surface area (Å²) in [4.78, 5) is 22.9. The van der Waals surface area contributed by atoms with Gasteiger partial charge in [0.05, 0.1) is 24.3 Å². The van der Waals surface area contributed by atoms with Crippen LogP contribution in [-0.4, -0.2) is 36.7 Å². The third-order valence-electron chi connectivity index (χ3n) is 2.15. The van der Waals surface area contributed by atoms with Gasteiger partial charge >= 0.3 is 5.97 Å². The summed E-state index contributed by atoms with van der Waals surface area (Å²) in [5, 5.41) is 11.1. The molecule has 0 heterocycles. The summed E-state index contributed by atoms with van der Waals surface area (Å²) < 4.78 is 17.2. The number of aliphatic hydroxyl groups excluding tert-OH is 1. The Morgan fingerprint density at radius 3 is 2.72 bits per heavy atom. The average Bonchev–Trinajstić information content (AvgIpc) is 2.34. The van der Waals surface area contributed by atoms with Crippen LogP contribution >= 0.6 is 11.6 Å². The van der Waals surface area contributed by atoms with Gasteiger partial charge < -0.3 is 15.2 Å². The number of nitrogens with one attached hydrogen (secondary N) is 1. The van der Waals surface area contributed by atoms with E-state index in [0.29, 0.717) is 0 Å². The monoisotopic (exact) mass is 275 g/mol. The Balaban J connectivity index is 2.84. The smallest absolute Gasteiger partial charge is 0.330 e. The van der Waals surface area contributed by atoms with Crippen molar-refractivity contribution in [2.45, 2.75) is 6.04 Å². The third-order valence-corrected chi connectivity index (χ3v) is 2.46. The van der Waals surface area contributed by atoms with Crippen LogP contribution < -0.4 is 5.32 Å². The number of aliphatic hydroxyl groups is 1. The highest BCUT2D eigenvalue weighted by atomic mass is 35.5. The number of benzene rings is 1. The average molecular weight is 276 g/mol. The predicted octanol–water partition coefficient (Wildman–Crippen LogP) is 0.743. The Morgan fingerprint density at radius 2 is 2.22 bits per heavy atom. The fourth-order valence-corrected chi connectivity index (χ4v) is 1.48. The van der Waals surface area contributed by atoms with E-state index in [2.05, 4.69) is 10.1 Å². The molecule has 1 aromatic carbocycles. The zero-order valence-electron chi connectivity index (χ0n) is 9.44. The standard InChI is InChI=1S/C11H11ClFNO4/c1-18-11(17)9(5-15)14-10(16)7-3-2-6(13)4-8(7)12/h2-4,9,15H,5H2,1H3,(H,14,16). The third kappa shape index (κ3) is 3.41. The molecule has 2 N–H and O–H groups in total. The van der Waals surface area contributed by atoms with Crippen molar-refractivity contribution in [3.63, 3.8) is 0 Å². The highest BCUT2D eigenvalue weighted by Gasteiger charge is 2.22. The Morgan fingerprint density at radius 1 is 1.56 bits per heavy atom. The number of hydrogen-bond acceptors (Lipinski definition) is 4. The minimum Gasteiger partial charge on any atom is -0.467 e. The fraction of sp³-hybridized carbons (Fsp3) is 0.273. The lowest BCUT2D eigenvalue weighted by atomic mass is 10.2. The second-order valence-electron chi connectivity index (χ2n) is 3.36. The maximum atomic E-state index is 12.8. The summed E-state index contributed by atoms with van der Waals surface area (Å²) >= 11 is 5.68. The van der Waals surface area contributed by atoms with Crippen molar-refractivity contribution in [3.05, 3.63) is 34.6 Å². The van der Waals surface area contributed by atoms with Crippen LogP contribution in [0.25, 0.3) is 0 Å². The van der Waals surface area contributed by atoms with Gasteiger partial charge in [-0.25, -0.2) is 9.18 Å². The molecular weight excluding hydrogens is 265 g/mol. The molecule has 0 aromatic heterocycles. The van der Waals surface area contributed by atoms with Gasteiger partial charge in [-0.15, -0.1) is 0 Å². The van der Waals surface area contributed by atoms with Crippen LogP contribution in [-0.2, 0) is 9.53 Å². The van der Waals surface area contributed by atoms with Gasteiger partial charge in [0, 0.05) is 0 Å². The maximum absolute atomic E-state index is 12.8. The van der Waals surface area contributed by atoms with Crippen molar-refractivity contribution in [1.82, 2.24) is 5.32 Å². The number of amides is 1. The lowest BCUT2D eigenvalue weighted by Crippen LogP contribution is -2.44. The zero-order valence-corrected chi connectivity index (χ0v) is 10.2. The first-order valence-corrected chi connectivity index (χ1v) is 5.32. The molecule has 0 fully saturated rings. The van der Waals surface area contributed by atoms with Gasteiger partial charge in [0.1, 0.15) is 5.82 Å². The summed E-state index contributed by atoms with van der Waals surface area (Å²) in [7, 11) is 1.13. The molecule has 0 radical (unpaired) electrons. The Labute approximate surface area is 108 Å². The lowest BCUT2D eigenvalue weighted by Gasteiger charge is -2.14. The maximum Gasteiger partial charge on any atom is 0.330 e. The Hall–Kier alpha value is -1.66. The van der Waals surface area contributed by atoms with Gasteiger partial charge in [0.2, 0.25) is 0 Å². The highest BCUT2D eigenvalue weighted by Crippen LogP contribution is 2.17. The van der Waals surface area contributed by atoms with Crippen molar-refractivity contribution in [2.75, 3.05) is 13.7 Å². The number of ether oxygens (including phenoxy) is 1. The van der Waals surface area contributed by atoms with Gasteiger partial charge in [-0.2, -0.15) is 0 Å². The van der Waals surface area contributed by atoms with Gasteiger partial charge in [-0.1, -0.05) is 11.6 Å². The predicted molar refractivity (Wildman–Crippen MR) is 61.8 cm³/mol. The summed E-state index contributed by atoms with van der Waals surface area (Å²) in [6.07, 6.45) is 0. The summed E-state index contributed by atoms with van der Waals surface area (Å²) in [6.45, 7) is -0.614. The molecule has 0 aliphatic heterocycles. The van der Waals surface area contributed by atoms with E-state index < -0.39 is 30.3 Å². The van der Waals surface area contributed by atoms with Crippen molar-refractivity contribution in [1.29, 1.82) is 0 Å². The van der Waals surface area contributed by atoms with Gasteiger partial charge in [-0.3, -0.25) is 4.79 Å². The molecule has 1 unspecified atom stereocenters. The van der Waals surface area contributed by atoms with Crippen LogP contribution in [0.1, 0.15) is 10.4 Å². The van der Waals surface area contributed by atoms with Crippen molar-refractivity contribution < 1.29 is 23.8 Å². The molecule has 0 saturated carbocycles. The van der Waals surface area contributed by atoms with E-state index in [9.17, 15) is 14.0 Å². The van der Waals surface area contributed by atoms with E-state index in [1.807, 2.05) is 0 Å². The van der Waals surface area contributed by atoms with Crippen LogP contribution in [0.3, 0.4) is 0 Å². The Bertz CT molecular complexity index is 466. The van der Waals surface area contributed by atoms with Crippen molar-refractivity contribution in [3.8, 4) is 0 Å². The van der Waals surface area contributed by atoms with Crippen molar-refractivity contribution >= 4 is 23.5 Å². The SMILES string of the molecule is COC(=O)C(CO)NC(=O)c1ccc(F)cc1Cl. The lowest BCUT2D eigenvalue weighted by molar-refractivity contribution is -0.143. The summed E-state index contributed by atoms with van der Waals surface area (Å²) in [6, 6.07) is 2.03. The van der Waals surface area contributed by atoms with E-state index in [4.69, 9.17) is 16.7 Å². The minimum atomic E-state index is -1.19. The topological polar surface area (TPSA) is 75.6 Å². The van der Waals surface area contributed by atoms with Crippen LogP contribution in [0, 0.1) is 5.82 Å². The molecule has 0 saturated heterocycles. The minimum absolute atomic E-state index is 0.000389. The molecular formula is C11H11ClFNO4. The molecule has 1 atom stereocenters. The molecule has 0 bridgehead atoms. The fourth-order valence-electron chi connectivity index (χ4n) is 1.23. The van der Waals surface area contributed by atoms with Crippen LogP contribution in [0.5, 0.6) is 0 Å². The molecule has 18 heavy (non-hydrogen) atoms. The van der Waals surface area contributed by atoms with E-state index in [1.54, 1.807) is 0 Å². The quantitative estimate of drug-likeness (QED) is 0.795. The van der Waals surface area contributed by atoms with Crippen LogP contribution in [0.2, 0.25) is 5.02 Å². The summed E-state index contributed by atoms with van der Waals surface area (Å²) in [5.41, 5.74) is 0.000389. The molecule has 1 rings (SSSR count). The Kier molecular flexibility index (Phi) is 5.06. The highest BCUT2D eigenvalue weighted by molar-refractivity contribution is 6.33. The number of methoxy groups -OCH3 is 1. The molecule has 7 heteroatoms. The van der Waals surface area contributed by atoms with Gasteiger partial charge in [0.25, 0.3) is 5.91 Å². The first-order valence-electron chi connectivity index (χ1n) is 4.94. The van der Waals surface area contributed by atoms with Crippen LogP contribution in [0.15, 0.2) is 18.2 Å².